The molecule has 0 N–H and O–H groups in total. The lowest BCUT2D eigenvalue weighted by molar-refractivity contribution is 0.0728. The zero-order valence-corrected chi connectivity index (χ0v) is 12.6. The Balaban J connectivity index is 1.73. The first-order valence-electron chi connectivity index (χ1n) is 7.17. The summed E-state index contributed by atoms with van der Waals surface area (Å²) >= 11 is 6.02. The van der Waals surface area contributed by atoms with Crippen LogP contribution in [0.1, 0.15) is 23.2 Å². The number of likely N-dealkylation sites (tertiary alicyclic amines) is 1. The summed E-state index contributed by atoms with van der Waals surface area (Å²) < 4.78 is 0. The highest BCUT2D eigenvalue weighted by Gasteiger charge is 2.27. The van der Waals surface area contributed by atoms with Gasteiger partial charge in [0.1, 0.15) is 0 Å². The van der Waals surface area contributed by atoms with E-state index >= 15 is 0 Å². The topological polar surface area (TPSA) is 26.8 Å². The molecule has 0 unspecified atom stereocenters. The van der Waals surface area contributed by atoms with Crippen LogP contribution in [0.4, 0.5) is 5.69 Å². The summed E-state index contributed by atoms with van der Waals surface area (Å²) in [7, 11) is 2.02. The molecular weight excluding hydrogens is 274 g/mol. The summed E-state index contributed by atoms with van der Waals surface area (Å²) in [6, 6.07) is 5.54. The summed E-state index contributed by atoms with van der Waals surface area (Å²) in [5, 5.41) is 0.617. The van der Waals surface area contributed by atoms with Crippen molar-refractivity contribution in [2.24, 2.45) is 0 Å². The van der Waals surface area contributed by atoms with Gasteiger partial charge >= 0.3 is 0 Å². The standard InChI is InChI=1S/C15H20ClN3O/c1-17-11-19(9-8-18-6-2-3-7-18)15(20)13-10-12(16)4-5-14(13)17/h4-5,10H,2-3,6-9,11H2,1H3. The minimum atomic E-state index is 0.0970. The molecule has 2 aliphatic rings. The number of hydrogen-bond acceptors (Lipinski definition) is 3. The fourth-order valence-electron chi connectivity index (χ4n) is 3.02. The monoisotopic (exact) mass is 293 g/mol. The Morgan fingerprint density at radius 1 is 1.20 bits per heavy atom. The van der Waals surface area contributed by atoms with Crippen molar-refractivity contribution in [1.82, 2.24) is 9.80 Å². The first-order chi connectivity index (χ1) is 9.65. The number of anilines is 1. The molecule has 0 radical (unpaired) electrons. The van der Waals surface area contributed by atoms with Crippen molar-refractivity contribution in [2.45, 2.75) is 12.8 Å². The van der Waals surface area contributed by atoms with Gasteiger partial charge in [-0.2, -0.15) is 0 Å². The number of amides is 1. The van der Waals surface area contributed by atoms with Gasteiger partial charge in [-0.15, -0.1) is 0 Å². The molecule has 2 heterocycles. The number of carbonyl (C=O) groups excluding carboxylic acids is 1. The van der Waals surface area contributed by atoms with Crippen LogP contribution in [0.3, 0.4) is 0 Å². The van der Waals surface area contributed by atoms with E-state index in [0.29, 0.717) is 17.3 Å². The molecule has 1 fully saturated rings. The smallest absolute Gasteiger partial charge is 0.257 e. The van der Waals surface area contributed by atoms with Crippen LogP contribution in [0.5, 0.6) is 0 Å². The molecular formula is C15H20ClN3O. The molecule has 2 aliphatic heterocycles. The third-order valence-corrected chi connectivity index (χ3v) is 4.39. The van der Waals surface area contributed by atoms with Crippen molar-refractivity contribution < 1.29 is 4.79 Å². The van der Waals surface area contributed by atoms with Gasteiger partial charge < -0.3 is 14.7 Å². The van der Waals surface area contributed by atoms with Crippen LogP contribution in [-0.2, 0) is 0 Å². The number of hydrogen-bond donors (Lipinski definition) is 0. The molecule has 0 atom stereocenters. The lowest BCUT2D eigenvalue weighted by Gasteiger charge is -2.36. The van der Waals surface area contributed by atoms with Crippen LogP contribution in [0, 0.1) is 0 Å². The highest BCUT2D eigenvalue weighted by molar-refractivity contribution is 6.31. The van der Waals surface area contributed by atoms with Gasteiger partial charge in [0.25, 0.3) is 5.91 Å². The van der Waals surface area contributed by atoms with Gasteiger partial charge in [-0.3, -0.25) is 4.79 Å². The first-order valence-corrected chi connectivity index (χ1v) is 7.55. The Kier molecular flexibility index (Phi) is 3.85. The van der Waals surface area contributed by atoms with E-state index in [-0.39, 0.29) is 5.91 Å². The SMILES string of the molecule is CN1CN(CCN2CCCC2)C(=O)c2cc(Cl)ccc21. The minimum absolute atomic E-state index is 0.0970. The summed E-state index contributed by atoms with van der Waals surface area (Å²) in [4.78, 5) is 19.0. The van der Waals surface area contributed by atoms with Crippen LogP contribution in [0.15, 0.2) is 18.2 Å². The van der Waals surface area contributed by atoms with Crippen molar-refractivity contribution in [3.8, 4) is 0 Å². The van der Waals surface area contributed by atoms with Gasteiger partial charge in [0.15, 0.2) is 0 Å². The number of carbonyl (C=O) groups is 1. The van der Waals surface area contributed by atoms with E-state index in [1.54, 1.807) is 6.07 Å². The molecule has 0 bridgehead atoms. The quantitative estimate of drug-likeness (QED) is 0.855. The normalized spacial score (nSPS) is 19.6. The van der Waals surface area contributed by atoms with Crippen molar-refractivity contribution in [1.29, 1.82) is 0 Å². The summed E-state index contributed by atoms with van der Waals surface area (Å²) in [5.41, 5.74) is 1.68. The van der Waals surface area contributed by atoms with E-state index in [1.807, 2.05) is 24.1 Å². The number of nitrogens with zero attached hydrogens (tertiary/aromatic N) is 3. The van der Waals surface area contributed by atoms with Crippen LogP contribution in [0.25, 0.3) is 0 Å². The Bertz CT molecular complexity index is 514. The lowest BCUT2D eigenvalue weighted by Crippen LogP contribution is -2.47. The highest BCUT2D eigenvalue weighted by atomic mass is 35.5. The van der Waals surface area contributed by atoms with E-state index in [0.717, 1.165) is 18.8 Å². The summed E-state index contributed by atoms with van der Waals surface area (Å²) in [6.45, 7) is 4.74. The molecule has 0 aliphatic carbocycles. The molecule has 1 aromatic rings. The second-order valence-corrected chi connectivity index (χ2v) is 6.05. The maximum Gasteiger partial charge on any atom is 0.257 e. The molecule has 1 amide bonds. The van der Waals surface area contributed by atoms with Gasteiger partial charge in [-0.25, -0.2) is 0 Å². The van der Waals surface area contributed by atoms with Crippen molar-refractivity contribution in [2.75, 3.05) is 44.8 Å². The lowest BCUT2D eigenvalue weighted by atomic mass is 10.1. The maximum absolute atomic E-state index is 12.5. The first kappa shape index (κ1) is 13.7. The predicted octanol–water partition coefficient (Wildman–Crippen LogP) is 2.29. The fraction of sp³-hybridized carbons (Fsp3) is 0.533. The Morgan fingerprint density at radius 3 is 2.70 bits per heavy atom. The van der Waals surface area contributed by atoms with E-state index in [2.05, 4.69) is 9.80 Å². The number of benzene rings is 1. The summed E-state index contributed by atoms with van der Waals surface area (Å²) in [5.74, 6) is 0.0970. The van der Waals surface area contributed by atoms with E-state index in [9.17, 15) is 4.79 Å². The second kappa shape index (κ2) is 5.62. The van der Waals surface area contributed by atoms with Gasteiger partial charge in [0.05, 0.1) is 17.9 Å². The third-order valence-electron chi connectivity index (χ3n) is 4.16. The third kappa shape index (κ3) is 2.63. The second-order valence-electron chi connectivity index (χ2n) is 5.62. The highest BCUT2D eigenvalue weighted by Crippen LogP contribution is 2.28. The number of halogens is 1. The average Bonchev–Trinajstić information content (AvgIpc) is 2.94. The molecule has 4 nitrogen and oxygen atoms in total. The largest absolute Gasteiger partial charge is 0.356 e. The van der Waals surface area contributed by atoms with E-state index < -0.39 is 0 Å². The predicted molar refractivity (Wildman–Crippen MR) is 81.4 cm³/mol. The van der Waals surface area contributed by atoms with Gasteiger partial charge in [-0.05, 0) is 44.1 Å². The van der Waals surface area contributed by atoms with Crippen molar-refractivity contribution in [3.05, 3.63) is 28.8 Å². The number of rotatable bonds is 3. The Morgan fingerprint density at radius 2 is 1.95 bits per heavy atom. The Hall–Kier alpha value is -1.26. The van der Waals surface area contributed by atoms with Gasteiger partial charge in [-0.1, -0.05) is 11.6 Å². The van der Waals surface area contributed by atoms with E-state index in [1.165, 1.54) is 25.9 Å². The molecule has 5 heteroatoms. The van der Waals surface area contributed by atoms with Crippen LogP contribution >= 0.6 is 11.6 Å². The van der Waals surface area contributed by atoms with Gasteiger partial charge in [0, 0.05) is 25.2 Å². The fourth-order valence-corrected chi connectivity index (χ4v) is 3.19. The average molecular weight is 294 g/mol. The number of fused-ring (bicyclic) bond motifs is 1. The molecule has 108 valence electrons. The molecule has 0 aromatic heterocycles. The molecule has 3 rings (SSSR count). The molecule has 0 spiro atoms. The molecule has 1 saturated heterocycles. The van der Waals surface area contributed by atoms with E-state index in [4.69, 9.17) is 11.6 Å². The van der Waals surface area contributed by atoms with Crippen molar-refractivity contribution >= 4 is 23.2 Å². The van der Waals surface area contributed by atoms with Crippen LogP contribution in [0.2, 0.25) is 5.02 Å². The minimum Gasteiger partial charge on any atom is -0.356 e. The summed E-state index contributed by atoms with van der Waals surface area (Å²) in [6.07, 6.45) is 2.57. The van der Waals surface area contributed by atoms with Crippen LogP contribution < -0.4 is 4.90 Å². The molecule has 0 saturated carbocycles. The zero-order valence-electron chi connectivity index (χ0n) is 11.8. The van der Waals surface area contributed by atoms with Crippen LogP contribution in [-0.4, -0.2) is 55.6 Å². The molecule has 1 aromatic carbocycles. The Labute approximate surface area is 124 Å². The maximum atomic E-state index is 12.5. The van der Waals surface area contributed by atoms with Crippen molar-refractivity contribution in [3.63, 3.8) is 0 Å². The van der Waals surface area contributed by atoms with Gasteiger partial charge in [0.2, 0.25) is 0 Å². The molecule has 20 heavy (non-hydrogen) atoms. The zero-order chi connectivity index (χ0) is 14.1.